The molecule has 0 nitrogen and oxygen atoms in total. The second-order valence-corrected chi connectivity index (χ2v) is 14.1. The zero-order chi connectivity index (χ0) is 33.1. The molecule has 0 amide bonds. The number of hydrogen-bond acceptors (Lipinski definition) is 0. The average molecular weight is 662 g/mol. The number of halogens is 21. The van der Waals surface area contributed by atoms with Crippen molar-refractivity contribution >= 4 is 8.80 Å². The predicted octanol–water partition coefficient (Wildman–Crippen LogP) is 9.70. The van der Waals surface area contributed by atoms with Gasteiger partial charge in [0, 0.05) is 15.2 Å². The first-order valence-electron chi connectivity index (χ1n) is 10.5. The van der Waals surface area contributed by atoms with Gasteiger partial charge in [0.05, 0.1) is 0 Å². The maximum Gasteiger partial charge on any atom is 0.460 e. The molecule has 0 N–H and O–H groups in total. The molecule has 22 heteroatoms. The van der Waals surface area contributed by atoms with Crippen LogP contribution in [0.5, 0.6) is 0 Å². The fourth-order valence-electron chi connectivity index (χ4n) is 3.53. The van der Waals surface area contributed by atoms with Crippen molar-refractivity contribution < 1.29 is 92.2 Å². The van der Waals surface area contributed by atoms with Gasteiger partial charge in [0.25, 0.3) is 0 Å². The topological polar surface area (TPSA) is 0 Å². The molecule has 0 spiro atoms. The van der Waals surface area contributed by atoms with Crippen molar-refractivity contribution in [3.05, 3.63) is 0 Å². The molecule has 0 heterocycles. The van der Waals surface area contributed by atoms with Crippen molar-refractivity contribution in [1.29, 1.82) is 0 Å². The number of hydrogen-bond donors (Lipinski definition) is 0. The summed E-state index contributed by atoms with van der Waals surface area (Å²) in [4.78, 5) is 0. The molecule has 0 saturated heterocycles. The third-order valence-electron chi connectivity index (χ3n) is 6.08. The molecule has 0 rings (SSSR count). The van der Waals surface area contributed by atoms with Gasteiger partial charge in [-0.05, 0) is 0 Å². The summed E-state index contributed by atoms with van der Waals surface area (Å²) in [6.07, 6.45) is -10.5. The van der Waals surface area contributed by atoms with E-state index in [1.54, 1.807) is 0 Å². The lowest BCUT2D eigenvalue weighted by Gasteiger charge is -2.44. The molecular formula is C18H19F21Si. The highest BCUT2D eigenvalue weighted by Crippen LogP contribution is 2.66. The summed E-state index contributed by atoms with van der Waals surface area (Å²) in [5.41, 5.74) is -1.10. The summed E-state index contributed by atoms with van der Waals surface area (Å²) in [5, 5.41) is 0. The minimum absolute atomic E-state index is 0.548. The fourth-order valence-corrected chi connectivity index (χ4v) is 7.10. The molecule has 0 aliphatic carbocycles. The van der Waals surface area contributed by atoms with Crippen LogP contribution in [-0.4, -0.2) is 68.3 Å². The van der Waals surface area contributed by atoms with Crippen LogP contribution in [0.1, 0.15) is 34.1 Å². The van der Waals surface area contributed by atoms with Crippen molar-refractivity contribution in [2.75, 3.05) is 0 Å². The van der Waals surface area contributed by atoms with Gasteiger partial charge in [-0.2, -0.15) is 92.2 Å². The van der Waals surface area contributed by atoms with E-state index in [1.165, 1.54) is 27.7 Å². The maximum atomic E-state index is 14.0. The maximum absolute atomic E-state index is 14.0. The highest BCUT2D eigenvalue weighted by atomic mass is 28.3. The first-order valence-corrected chi connectivity index (χ1v) is 12.6. The molecule has 0 aromatic heterocycles. The monoisotopic (exact) mass is 662 g/mol. The Hall–Kier alpha value is -1.25. The molecular weight excluding hydrogens is 643 g/mol. The highest BCUT2D eigenvalue weighted by molar-refractivity contribution is 6.61. The summed E-state index contributed by atoms with van der Waals surface area (Å²) in [7, 11) is -2.64. The molecule has 0 aliphatic rings. The Morgan fingerprint density at radius 2 is 0.600 bits per heavy atom. The molecule has 0 bridgehead atoms. The number of alkyl halides is 21. The molecule has 0 unspecified atom stereocenters. The standard InChI is InChI=1S/C18H19F21Si/c1-7(2)40(8(3)4)6-5-9(19,20)10(21,22)11(23,24)12(25,26)13(27,28)14(29,30)15(31,32)16(33,34)17(35,36)18(37,38)39/h7-8,40H,5-6H2,1-4H3. The predicted molar refractivity (Wildman–Crippen MR) is 97.3 cm³/mol. The Bertz CT molecular complexity index is 861. The molecule has 0 radical (unpaired) electrons. The molecule has 0 saturated carbocycles. The van der Waals surface area contributed by atoms with Crippen molar-refractivity contribution in [3.8, 4) is 0 Å². The van der Waals surface area contributed by atoms with Crippen LogP contribution < -0.4 is 0 Å². The van der Waals surface area contributed by atoms with Crippen LogP contribution in [0.2, 0.25) is 17.1 Å². The second-order valence-electron chi connectivity index (χ2n) is 9.49. The lowest BCUT2D eigenvalue weighted by Crippen LogP contribution is -2.76. The molecule has 0 fully saturated rings. The van der Waals surface area contributed by atoms with Crippen LogP contribution in [-0.2, 0) is 0 Å². The van der Waals surface area contributed by atoms with Crippen LogP contribution >= 0.6 is 0 Å². The van der Waals surface area contributed by atoms with Gasteiger partial charge in [0.2, 0.25) is 0 Å². The lowest BCUT2D eigenvalue weighted by atomic mass is 9.86. The lowest BCUT2D eigenvalue weighted by molar-refractivity contribution is -0.474. The van der Waals surface area contributed by atoms with E-state index in [1.807, 2.05) is 0 Å². The van der Waals surface area contributed by atoms with Gasteiger partial charge in [-0.25, -0.2) is 0 Å². The normalized spacial score (nSPS) is 16.5. The SMILES string of the molecule is CC(C)[SiH](CCC(F)(F)C(F)(F)C(F)(F)C(F)(F)C(F)(F)C(F)(F)C(F)(F)C(F)(F)C(F)(F)C(F)(F)F)C(C)C. The molecule has 0 aromatic rings. The minimum atomic E-state index is -9.14. The Morgan fingerprint density at radius 1 is 0.375 bits per heavy atom. The van der Waals surface area contributed by atoms with Crippen molar-refractivity contribution in [1.82, 2.24) is 0 Å². The van der Waals surface area contributed by atoms with Crippen LogP contribution in [0.4, 0.5) is 92.2 Å². The van der Waals surface area contributed by atoms with Crippen LogP contribution in [0.15, 0.2) is 0 Å². The third-order valence-corrected chi connectivity index (χ3v) is 10.5. The molecule has 242 valence electrons. The van der Waals surface area contributed by atoms with E-state index in [0.717, 1.165) is 0 Å². The van der Waals surface area contributed by atoms with E-state index in [2.05, 4.69) is 0 Å². The first kappa shape index (κ1) is 38.7. The van der Waals surface area contributed by atoms with Gasteiger partial charge in [-0.1, -0.05) is 44.8 Å². The van der Waals surface area contributed by atoms with Gasteiger partial charge in [-0.15, -0.1) is 0 Å². The van der Waals surface area contributed by atoms with Gasteiger partial charge in [0.1, 0.15) is 0 Å². The van der Waals surface area contributed by atoms with E-state index in [4.69, 9.17) is 0 Å². The summed E-state index contributed by atoms with van der Waals surface area (Å²) in [6, 6.07) is -1.09. The minimum Gasteiger partial charge on any atom is -0.200 e. The van der Waals surface area contributed by atoms with E-state index >= 15 is 0 Å². The average Bonchev–Trinajstić information content (AvgIpc) is 2.71. The third kappa shape index (κ3) is 5.34. The van der Waals surface area contributed by atoms with E-state index in [0.29, 0.717) is 0 Å². The first-order chi connectivity index (χ1) is 17.0. The molecule has 0 aliphatic heterocycles. The molecule has 0 aromatic carbocycles. The van der Waals surface area contributed by atoms with Gasteiger partial charge < -0.3 is 0 Å². The molecule has 0 atom stereocenters. The zero-order valence-electron chi connectivity index (χ0n) is 20.1. The Labute approximate surface area is 212 Å². The van der Waals surface area contributed by atoms with Gasteiger partial charge in [-0.3, -0.25) is 0 Å². The zero-order valence-corrected chi connectivity index (χ0v) is 21.2. The molecule has 40 heavy (non-hydrogen) atoms. The van der Waals surface area contributed by atoms with Crippen molar-refractivity contribution in [3.63, 3.8) is 0 Å². The summed E-state index contributed by atoms with van der Waals surface area (Å²) in [6.45, 7) is 5.38. The second kappa shape index (κ2) is 10.5. The van der Waals surface area contributed by atoms with Gasteiger partial charge in [0.15, 0.2) is 0 Å². The fraction of sp³-hybridized carbons (Fsp3) is 1.00. The van der Waals surface area contributed by atoms with Crippen LogP contribution in [0, 0.1) is 0 Å². The summed E-state index contributed by atoms with van der Waals surface area (Å²) < 4.78 is 281. The van der Waals surface area contributed by atoms with E-state index in [-0.39, 0.29) is 0 Å². The quantitative estimate of drug-likeness (QED) is 0.136. The Balaban J connectivity index is 6.89. The van der Waals surface area contributed by atoms with Crippen molar-refractivity contribution in [2.45, 2.75) is 111 Å². The van der Waals surface area contributed by atoms with E-state index in [9.17, 15) is 92.2 Å². The van der Waals surface area contributed by atoms with Crippen LogP contribution in [0.25, 0.3) is 0 Å². The Kier molecular flexibility index (Phi) is 10.1. The highest BCUT2D eigenvalue weighted by Gasteiger charge is 2.97. The van der Waals surface area contributed by atoms with Crippen molar-refractivity contribution in [2.24, 2.45) is 0 Å². The smallest absolute Gasteiger partial charge is 0.200 e. The largest absolute Gasteiger partial charge is 0.460 e. The summed E-state index contributed by atoms with van der Waals surface area (Å²) >= 11 is 0. The Morgan fingerprint density at radius 3 is 0.825 bits per heavy atom. The summed E-state index contributed by atoms with van der Waals surface area (Å²) in [5.74, 6) is -76.3. The number of rotatable bonds is 13. The van der Waals surface area contributed by atoms with Gasteiger partial charge >= 0.3 is 59.5 Å². The van der Waals surface area contributed by atoms with Crippen LogP contribution in [0.3, 0.4) is 0 Å². The van der Waals surface area contributed by atoms with E-state index < -0.39 is 91.8 Å².